The Labute approximate surface area is 357 Å². The molecule has 1 atom stereocenters. The summed E-state index contributed by atoms with van der Waals surface area (Å²) in [6.07, 6.45) is 57.4. The second-order valence-electron chi connectivity index (χ2n) is 15.6. The number of allylic oxidation sites excluding steroid dienone is 12. The highest BCUT2D eigenvalue weighted by molar-refractivity contribution is 5.71. The van der Waals surface area contributed by atoms with Crippen molar-refractivity contribution >= 4 is 17.9 Å². The van der Waals surface area contributed by atoms with Crippen LogP contribution in [0.1, 0.15) is 220 Å². The second kappa shape index (κ2) is 46.5. The molecule has 58 heavy (non-hydrogen) atoms. The zero-order chi connectivity index (χ0) is 42.3. The molecule has 1 unspecified atom stereocenters. The van der Waals surface area contributed by atoms with Crippen molar-refractivity contribution in [3.8, 4) is 0 Å². The normalized spacial score (nSPS) is 12.7. The number of ether oxygens (including phenoxy) is 3. The lowest BCUT2D eigenvalue weighted by molar-refractivity contribution is -0.167. The highest BCUT2D eigenvalue weighted by Gasteiger charge is 2.19. The molecule has 0 N–H and O–H groups in total. The molecule has 0 saturated carbocycles. The van der Waals surface area contributed by atoms with E-state index >= 15 is 0 Å². The summed E-state index contributed by atoms with van der Waals surface area (Å²) in [4.78, 5) is 37.8. The lowest BCUT2D eigenvalue weighted by Crippen LogP contribution is -2.30. The zero-order valence-electron chi connectivity index (χ0n) is 37.8. The Morgan fingerprint density at radius 2 is 0.672 bits per heavy atom. The second-order valence-corrected chi connectivity index (χ2v) is 15.6. The van der Waals surface area contributed by atoms with Crippen LogP contribution in [0.5, 0.6) is 0 Å². The molecule has 0 heterocycles. The van der Waals surface area contributed by atoms with E-state index in [0.717, 1.165) is 122 Å². The SMILES string of the molecule is CC/C=C\C/C=C\C/C=C\C/C=C\CCCCCCCCC(=O)OCC(COC(=O)CCCCCCCCCCC)OC(=O)CCCCCCC/C=C\C/C=C\CC. The fraction of sp³-hybridized carbons (Fsp3) is 0.712. The van der Waals surface area contributed by atoms with Gasteiger partial charge >= 0.3 is 17.9 Å². The maximum absolute atomic E-state index is 12.7. The Morgan fingerprint density at radius 1 is 0.362 bits per heavy atom. The van der Waals surface area contributed by atoms with Crippen molar-refractivity contribution in [2.45, 2.75) is 226 Å². The molecule has 0 amide bonds. The molecule has 0 fully saturated rings. The van der Waals surface area contributed by atoms with Gasteiger partial charge in [0.15, 0.2) is 6.10 Å². The number of esters is 3. The van der Waals surface area contributed by atoms with Gasteiger partial charge in [-0.15, -0.1) is 0 Å². The quantitative estimate of drug-likeness (QED) is 0.0264. The fourth-order valence-corrected chi connectivity index (χ4v) is 6.41. The van der Waals surface area contributed by atoms with Gasteiger partial charge < -0.3 is 14.2 Å². The molecule has 6 nitrogen and oxygen atoms in total. The molecule has 6 heteroatoms. The summed E-state index contributed by atoms with van der Waals surface area (Å²) >= 11 is 0. The third-order valence-corrected chi connectivity index (χ3v) is 9.96. The minimum atomic E-state index is -0.785. The first kappa shape index (κ1) is 54.9. The Morgan fingerprint density at radius 3 is 1.05 bits per heavy atom. The molecule has 0 rings (SSSR count). The molecule has 0 aliphatic rings. The van der Waals surface area contributed by atoms with E-state index in [1.165, 1.54) is 57.8 Å². The standard InChI is InChI=1S/C52H88O6/c1-4-7-10-13-16-19-21-23-24-25-26-27-28-29-31-33-36-39-42-45-51(54)57-48-49(47-56-50(53)44-41-38-35-32-18-15-12-9-6-3)58-52(55)46-43-40-37-34-30-22-20-17-14-11-8-5-2/h7-8,10-11,16-17,19-20,23-24,26-27,49H,4-6,9,12-15,18,21-22,25,28-48H2,1-3H3/b10-7-,11-8-,19-16-,20-17-,24-23-,27-26-. The van der Waals surface area contributed by atoms with Crippen LogP contribution in [0.4, 0.5) is 0 Å². The van der Waals surface area contributed by atoms with E-state index in [1.807, 2.05) is 0 Å². The minimum absolute atomic E-state index is 0.0854. The van der Waals surface area contributed by atoms with Gasteiger partial charge in [-0.1, -0.05) is 190 Å². The van der Waals surface area contributed by atoms with Gasteiger partial charge in [0.1, 0.15) is 13.2 Å². The van der Waals surface area contributed by atoms with Gasteiger partial charge in [-0.2, -0.15) is 0 Å². The van der Waals surface area contributed by atoms with Gasteiger partial charge in [0.25, 0.3) is 0 Å². The van der Waals surface area contributed by atoms with E-state index < -0.39 is 6.10 Å². The average molecular weight is 809 g/mol. The van der Waals surface area contributed by atoms with Crippen molar-refractivity contribution in [3.05, 3.63) is 72.9 Å². The van der Waals surface area contributed by atoms with E-state index in [2.05, 4.69) is 93.7 Å². The Hall–Kier alpha value is -3.15. The summed E-state index contributed by atoms with van der Waals surface area (Å²) in [7, 11) is 0. The third kappa shape index (κ3) is 44.0. The van der Waals surface area contributed by atoms with Gasteiger partial charge in [-0.25, -0.2) is 0 Å². The average Bonchev–Trinajstić information content (AvgIpc) is 3.22. The molecule has 0 bridgehead atoms. The number of carbonyl (C=O) groups is 3. The highest BCUT2D eigenvalue weighted by atomic mass is 16.6. The predicted octanol–water partition coefficient (Wildman–Crippen LogP) is 15.5. The summed E-state index contributed by atoms with van der Waals surface area (Å²) in [5.41, 5.74) is 0. The summed E-state index contributed by atoms with van der Waals surface area (Å²) < 4.78 is 16.7. The zero-order valence-corrected chi connectivity index (χ0v) is 37.8. The summed E-state index contributed by atoms with van der Waals surface area (Å²) in [6, 6.07) is 0. The van der Waals surface area contributed by atoms with E-state index in [9.17, 15) is 14.4 Å². The predicted molar refractivity (Wildman–Crippen MR) is 247 cm³/mol. The molecule has 0 aliphatic heterocycles. The van der Waals surface area contributed by atoms with Crippen molar-refractivity contribution in [1.29, 1.82) is 0 Å². The maximum Gasteiger partial charge on any atom is 0.306 e. The van der Waals surface area contributed by atoms with Crippen LogP contribution in [-0.4, -0.2) is 37.2 Å². The number of unbranched alkanes of at least 4 members (excludes halogenated alkanes) is 19. The van der Waals surface area contributed by atoms with Crippen molar-refractivity contribution in [1.82, 2.24) is 0 Å². The van der Waals surface area contributed by atoms with Crippen molar-refractivity contribution in [2.24, 2.45) is 0 Å². The van der Waals surface area contributed by atoms with E-state index in [1.54, 1.807) is 0 Å². The smallest absolute Gasteiger partial charge is 0.306 e. The summed E-state index contributed by atoms with van der Waals surface area (Å²) in [5, 5.41) is 0. The molecule has 0 spiro atoms. The monoisotopic (exact) mass is 809 g/mol. The van der Waals surface area contributed by atoms with Gasteiger partial charge in [0.05, 0.1) is 0 Å². The molecule has 0 aliphatic carbocycles. The first-order chi connectivity index (χ1) is 28.5. The number of hydrogen-bond donors (Lipinski definition) is 0. The first-order valence-electron chi connectivity index (χ1n) is 23.9. The summed E-state index contributed by atoms with van der Waals surface area (Å²) in [5.74, 6) is -0.921. The molecular weight excluding hydrogens is 721 g/mol. The molecule has 0 aromatic carbocycles. The van der Waals surface area contributed by atoms with Crippen LogP contribution in [-0.2, 0) is 28.6 Å². The lowest BCUT2D eigenvalue weighted by atomic mass is 10.1. The molecule has 0 radical (unpaired) electrons. The highest BCUT2D eigenvalue weighted by Crippen LogP contribution is 2.14. The third-order valence-electron chi connectivity index (χ3n) is 9.96. The number of hydrogen-bond acceptors (Lipinski definition) is 6. The number of carbonyl (C=O) groups excluding carboxylic acids is 3. The van der Waals surface area contributed by atoms with E-state index in [4.69, 9.17) is 14.2 Å². The van der Waals surface area contributed by atoms with Crippen LogP contribution in [0, 0.1) is 0 Å². The Kier molecular flexibility index (Phi) is 44.0. The number of rotatable bonds is 42. The van der Waals surface area contributed by atoms with Crippen molar-refractivity contribution < 1.29 is 28.6 Å². The van der Waals surface area contributed by atoms with E-state index in [-0.39, 0.29) is 31.1 Å². The lowest BCUT2D eigenvalue weighted by Gasteiger charge is -2.18. The summed E-state index contributed by atoms with van der Waals surface area (Å²) in [6.45, 7) is 6.36. The largest absolute Gasteiger partial charge is 0.462 e. The van der Waals surface area contributed by atoms with Crippen LogP contribution in [0.2, 0.25) is 0 Å². The maximum atomic E-state index is 12.7. The molecule has 0 aromatic heterocycles. The van der Waals surface area contributed by atoms with Gasteiger partial charge in [-0.05, 0) is 83.5 Å². The molecule has 0 saturated heterocycles. The Balaban J connectivity index is 4.35. The minimum Gasteiger partial charge on any atom is -0.462 e. The van der Waals surface area contributed by atoms with Crippen LogP contribution in [0.25, 0.3) is 0 Å². The van der Waals surface area contributed by atoms with Gasteiger partial charge in [-0.3, -0.25) is 14.4 Å². The van der Waals surface area contributed by atoms with Crippen LogP contribution in [0.3, 0.4) is 0 Å². The van der Waals surface area contributed by atoms with Gasteiger partial charge in [0, 0.05) is 19.3 Å². The van der Waals surface area contributed by atoms with E-state index in [0.29, 0.717) is 19.3 Å². The van der Waals surface area contributed by atoms with Gasteiger partial charge in [0.2, 0.25) is 0 Å². The van der Waals surface area contributed by atoms with Crippen molar-refractivity contribution in [2.75, 3.05) is 13.2 Å². The Bertz CT molecular complexity index is 1110. The fourth-order valence-electron chi connectivity index (χ4n) is 6.41. The molecular formula is C52H88O6. The first-order valence-corrected chi connectivity index (χ1v) is 23.9. The topological polar surface area (TPSA) is 78.9 Å². The molecule has 0 aromatic rings. The molecule has 332 valence electrons. The van der Waals surface area contributed by atoms with Crippen molar-refractivity contribution in [3.63, 3.8) is 0 Å². The van der Waals surface area contributed by atoms with Crippen LogP contribution >= 0.6 is 0 Å². The van der Waals surface area contributed by atoms with Crippen LogP contribution < -0.4 is 0 Å². The van der Waals surface area contributed by atoms with Crippen LogP contribution in [0.15, 0.2) is 72.9 Å².